The van der Waals surface area contributed by atoms with E-state index in [0.29, 0.717) is 24.9 Å². The fourth-order valence-corrected chi connectivity index (χ4v) is 2.99. The van der Waals surface area contributed by atoms with Crippen LogP contribution in [0.4, 0.5) is 0 Å². The zero-order valence-electron chi connectivity index (χ0n) is 11.9. The lowest BCUT2D eigenvalue weighted by molar-refractivity contribution is -0.131. The Balaban J connectivity index is 1.97. The van der Waals surface area contributed by atoms with Crippen LogP contribution in [-0.2, 0) is 11.2 Å². The van der Waals surface area contributed by atoms with E-state index < -0.39 is 0 Å². The number of likely N-dealkylation sites (N-methyl/N-ethyl adjacent to an activating group) is 1. The fourth-order valence-electron chi connectivity index (χ4n) is 2.99. The van der Waals surface area contributed by atoms with Crippen molar-refractivity contribution in [2.45, 2.75) is 38.6 Å². The van der Waals surface area contributed by atoms with Gasteiger partial charge in [0.25, 0.3) is 0 Å². The summed E-state index contributed by atoms with van der Waals surface area (Å²) >= 11 is 0. The van der Waals surface area contributed by atoms with Crippen molar-refractivity contribution in [3.05, 3.63) is 35.4 Å². The van der Waals surface area contributed by atoms with E-state index >= 15 is 0 Å². The molecule has 104 valence electrons. The Kier molecular flexibility index (Phi) is 4.59. The van der Waals surface area contributed by atoms with Gasteiger partial charge >= 0.3 is 0 Å². The number of rotatable bonds is 4. The standard InChI is InChI=1S/C16H24N2O/c1-12-6-8-13(9-7-12)10-16(19)18(2)15-5-3-4-14(15)11-17/h6-9,14-15H,3-5,10-11,17H2,1-2H3. The zero-order chi connectivity index (χ0) is 13.8. The molecule has 1 aromatic rings. The highest BCUT2D eigenvalue weighted by Gasteiger charge is 2.31. The smallest absolute Gasteiger partial charge is 0.226 e. The predicted molar refractivity (Wildman–Crippen MR) is 77.8 cm³/mol. The van der Waals surface area contributed by atoms with Crippen LogP contribution < -0.4 is 5.73 Å². The molecule has 1 aliphatic carbocycles. The highest BCUT2D eigenvalue weighted by molar-refractivity contribution is 5.78. The molecule has 2 atom stereocenters. The third-order valence-electron chi connectivity index (χ3n) is 4.29. The number of hydrogen-bond donors (Lipinski definition) is 1. The molecular formula is C16H24N2O. The van der Waals surface area contributed by atoms with Crippen LogP contribution >= 0.6 is 0 Å². The number of carbonyl (C=O) groups is 1. The van der Waals surface area contributed by atoms with E-state index in [1.807, 2.05) is 24.1 Å². The summed E-state index contributed by atoms with van der Waals surface area (Å²) in [4.78, 5) is 14.3. The Morgan fingerprint density at radius 1 is 1.32 bits per heavy atom. The molecule has 3 nitrogen and oxygen atoms in total. The summed E-state index contributed by atoms with van der Waals surface area (Å²) in [6.45, 7) is 2.74. The molecule has 1 aromatic carbocycles. The van der Waals surface area contributed by atoms with Crippen LogP contribution in [0.25, 0.3) is 0 Å². The van der Waals surface area contributed by atoms with E-state index in [9.17, 15) is 4.79 Å². The normalized spacial score (nSPS) is 22.5. The van der Waals surface area contributed by atoms with Crippen molar-refractivity contribution in [1.29, 1.82) is 0 Å². The molecule has 19 heavy (non-hydrogen) atoms. The van der Waals surface area contributed by atoms with Gasteiger partial charge in [-0.05, 0) is 37.8 Å². The third-order valence-corrected chi connectivity index (χ3v) is 4.29. The number of nitrogens with two attached hydrogens (primary N) is 1. The van der Waals surface area contributed by atoms with Gasteiger partial charge < -0.3 is 10.6 Å². The maximum Gasteiger partial charge on any atom is 0.226 e. The first-order valence-corrected chi connectivity index (χ1v) is 7.13. The van der Waals surface area contributed by atoms with E-state index in [-0.39, 0.29) is 5.91 Å². The minimum absolute atomic E-state index is 0.203. The second-order valence-electron chi connectivity index (χ2n) is 5.66. The van der Waals surface area contributed by atoms with Crippen molar-refractivity contribution in [2.24, 2.45) is 11.7 Å². The van der Waals surface area contributed by atoms with Crippen LogP contribution in [0, 0.1) is 12.8 Å². The van der Waals surface area contributed by atoms with Crippen molar-refractivity contribution >= 4 is 5.91 Å². The van der Waals surface area contributed by atoms with Gasteiger partial charge in [-0.15, -0.1) is 0 Å². The van der Waals surface area contributed by atoms with Crippen LogP contribution in [0.3, 0.4) is 0 Å². The van der Waals surface area contributed by atoms with E-state index in [4.69, 9.17) is 5.73 Å². The molecule has 2 N–H and O–H groups in total. The van der Waals surface area contributed by atoms with Crippen LogP contribution in [0.2, 0.25) is 0 Å². The van der Waals surface area contributed by atoms with E-state index in [0.717, 1.165) is 18.4 Å². The van der Waals surface area contributed by atoms with E-state index in [1.54, 1.807) is 0 Å². The van der Waals surface area contributed by atoms with Crippen molar-refractivity contribution in [3.8, 4) is 0 Å². The Labute approximate surface area is 115 Å². The number of amides is 1. The first kappa shape index (κ1) is 14.1. The summed E-state index contributed by atoms with van der Waals surface area (Å²) in [5, 5.41) is 0. The minimum atomic E-state index is 0.203. The Hall–Kier alpha value is -1.35. The number of benzene rings is 1. The van der Waals surface area contributed by atoms with Crippen molar-refractivity contribution < 1.29 is 4.79 Å². The average Bonchev–Trinajstić information content (AvgIpc) is 2.88. The van der Waals surface area contributed by atoms with Gasteiger partial charge in [-0.2, -0.15) is 0 Å². The summed E-state index contributed by atoms with van der Waals surface area (Å²) < 4.78 is 0. The maximum atomic E-state index is 12.3. The summed E-state index contributed by atoms with van der Waals surface area (Å²) in [6.07, 6.45) is 3.93. The average molecular weight is 260 g/mol. The number of hydrogen-bond acceptors (Lipinski definition) is 2. The number of carbonyl (C=O) groups excluding carboxylic acids is 1. The molecule has 0 aromatic heterocycles. The van der Waals surface area contributed by atoms with Crippen LogP contribution in [0.1, 0.15) is 30.4 Å². The summed E-state index contributed by atoms with van der Waals surface area (Å²) in [5.74, 6) is 0.682. The second-order valence-corrected chi connectivity index (χ2v) is 5.66. The highest BCUT2D eigenvalue weighted by atomic mass is 16.2. The van der Waals surface area contributed by atoms with Gasteiger partial charge in [-0.25, -0.2) is 0 Å². The molecule has 1 fully saturated rings. The van der Waals surface area contributed by atoms with Gasteiger partial charge in [0.15, 0.2) is 0 Å². The monoisotopic (exact) mass is 260 g/mol. The highest BCUT2D eigenvalue weighted by Crippen LogP contribution is 2.28. The SMILES string of the molecule is Cc1ccc(CC(=O)N(C)C2CCCC2CN)cc1. The Morgan fingerprint density at radius 2 is 2.00 bits per heavy atom. The van der Waals surface area contributed by atoms with Crippen LogP contribution in [0.5, 0.6) is 0 Å². The first-order chi connectivity index (χ1) is 9.11. The van der Waals surface area contributed by atoms with Gasteiger partial charge in [0.1, 0.15) is 0 Å². The van der Waals surface area contributed by atoms with Crippen molar-refractivity contribution in [3.63, 3.8) is 0 Å². The number of nitrogens with zero attached hydrogens (tertiary/aromatic N) is 1. The predicted octanol–water partition coefficient (Wildman–Crippen LogP) is 2.12. The lowest BCUT2D eigenvalue weighted by Crippen LogP contribution is -2.42. The molecule has 0 radical (unpaired) electrons. The van der Waals surface area contributed by atoms with Gasteiger partial charge in [-0.1, -0.05) is 36.2 Å². The molecule has 1 amide bonds. The summed E-state index contributed by atoms with van der Waals surface area (Å²) in [5.41, 5.74) is 8.11. The van der Waals surface area contributed by atoms with Crippen molar-refractivity contribution in [1.82, 2.24) is 4.90 Å². The van der Waals surface area contributed by atoms with Crippen LogP contribution in [0.15, 0.2) is 24.3 Å². The minimum Gasteiger partial charge on any atom is -0.342 e. The molecule has 1 saturated carbocycles. The van der Waals surface area contributed by atoms with Crippen molar-refractivity contribution in [2.75, 3.05) is 13.6 Å². The lowest BCUT2D eigenvalue weighted by atomic mass is 10.0. The molecular weight excluding hydrogens is 236 g/mol. The lowest BCUT2D eigenvalue weighted by Gasteiger charge is -2.29. The molecule has 3 heteroatoms. The molecule has 2 unspecified atom stereocenters. The third kappa shape index (κ3) is 3.35. The quantitative estimate of drug-likeness (QED) is 0.901. The molecule has 0 heterocycles. The molecule has 0 bridgehead atoms. The zero-order valence-corrected chi connectivity index (χ0v) is 11.9. The molecule has 0 aliphatic heterocycles. The largest absolute Gasteiger partial charge is 0.342 e. The maximum absolute atomic E-state index is 12.3. The summed E-state index contributed by atoms with van der Waals surface area (Å²) in [7, 11) is 1.93. The van der Waals surface area contributed by atoms with Gasteiger partial charge in [-0.3, -0.25) is 4.79 Å². The van der Waals surface area contributed by atoms with E-state index in [1.165, 1.54) is 12.0 Å². The fraction of sp³-hybridized carbons (Fsp3) is 0.562. The Morgan fingerprint density at radius 3 is 2.63 bits per heavy atom. The molecule has 1 aliphatic rings. The number of aryl methyl sites for hydroxylation is 1. The second kappa shape index (κ2) is 6.20. The van der Waals surface area contributed by atoms with Gasteiger partial charge in [0.05, 0.1) is 6.42 Å². The molecule has 0 spiro atoms. The Bertz CT molecular complexity index is 427. The van der Waals surface area contributed by atoms with Gasteiger partial charge in [0, 0.05) is 13.1 Å². The van der Waals surface area contributed by atoms with E-state index in [2.05, 4.69) is 19.1 Å². The first-order valence-electron chi connectivity index (χ1n) is 7.13. The molecule has 0 saturated heterocycles. The van der Waals surface area contributed by atoms with Gasteiger partial charge in [0.2, 0.25) is 5.91 Å². The van der Waals surface area contributed by atoms with Crippen LogP contribution in [-0.4, -0.2) is 30.4 Å². The topological polar surface area (TPSA) is 46.3 Å². The summed E-state index contributed by atoms with van der Waals surface area (Å²) in [6, 6.07) is 8.52. The molecule has 2 rings (SSSR count).